The summed E-state index contributed by atoms with van der Waals surface area (Å²) in [7, 11) is 0. The molecular formula is C19H25F4N3O. The van der Waals surface area contributed by atoms with E-state index in [1.165, 1.54) is 6.92 Å². The second kappa shape index (κ2) is 5.47. The number of amides is 1. The van der Waals surface area contributed by atoms with Gasteiger partial charge in [-0.15, -0.1) is 0 Å². The minimum atomic E-state index is -2.80. The Kier molecular flexibility index (Phi) is 3.80. The van der Waals surface area contributed by atoms with Gasteiger partial charge in [0, 0.05) is 36.7 Å². The Hall–Kier alpha value is -1.60. The molecule has 8 heteroatoms. The molecule has 1 heterocycles. The van der Waals surface area contributed by atoms with Crippen LogP contribution < -0.4 is 5.32 Å². The number of rotatable bonds is 4. The first-order valence-corrected chi connectivity index (χ1v) is 9.51. The average Bonchev–Trinajstić information content (AvgIpc) is 2.71. The van der Waals surface area contributed by atoms with E-state index in [1.807, 2.05) is 0 Å². The first-order valence-electron chi connectivity index (χ1n) is 9.51. The minimum absolute atomic E-state index is 0.118. The number of carbonyl (C=O) groups is 1. The summed E-state index contributed by atoms with van der Waals surface area (Å²) in [5, 5.41) is 7.43. The molecule has 0 saturated heterocycles. The number of alkyl halides is 4. The normalized spacial score (nSPS) is 27.2. The molecule has 0 atom stereocenters. The first kappa shape index (κ1) is 18.7. The second-order valence-electron chi connectivity index (χ2n) is 9.35. The number of hydrogen-bond acceptors (Lipinski definition) is 2. The van der Waals surface area contributed by atoms with Gasteiger partial charge >= 0.3 is 0 Å². The van der Waals surface area contributed by atoms with Crippen LogP contribution in [-0.2, 0) is 10.2 Å². The lowest BCUT2D eigenvalue weighted by atomic mass is 9.64. The molecule has 3 saturated carbocycles. The van der Waals surface area contributed by atoms with Crippen molar-refractivity contribution in [3.05, 3.63) is 11.3 Å². The molecule has 0 spiro atoms. The van der Waals surface area contributed by atoms with Crippen molar-refractivity contribution in [2.45, 2.75) is 89.0 Å². The molecule has 0 bridgehead atoms. The lowest BCUT2D eigenvalue weighted by molar-refractivity contribution is -0.170. The van der Waals surface area contributed by atoms with Crippen LogP contribution in [0.2, 0.25) is 0 Å². The summed E-state index contributed by atoms with van der Waals surface area (Å²) in [5.41, 5.74) is -0.587. The number of carbonyl (C=O) groups excluding carboxylic acids is 1. The molecule has 4 rings (SSSR count). The molecule has 3 aliphatic rings. The van der Waals surface area contributed by atoms with Crippen molar-refractivity contribution in [1.29, 1.82) is 0 Å². The topological polar surface area (TPSA) is 46.9 Å². The molecule has 1 aromatic rings. The monoisotopic (exact) mass is 387 g/mol. The number of aromatic nitrogens is 2. The Bertz CT molecular complexity index is 781. The molecule has 1 amide bonds. The lowest BCUT2D eigenvalue weighted by Gasteiger charge is -2.44. The molecule has 3 aliphatic carbocycles. The molecule has 1 N–H and O–H groups in total. The summed E-state index contributed by atoms with van der Waals surface area (Å²) in [4.78, 5) is 12.7. The largest absolute Gasteiger partial charge is 0.310 e. The summed E-state index contributed by atoms with van der Waals surface area (Å²) < 4.78 is 55.4. The molecule has 4 nitrogen and oxygen atoms in total. The molecule has 150 valence electrons. The smallest absolute Gasteiger partial charge is 0.250 e. The van der Waals surface area contributed by atoms with E-state index < -0.39 is 41.4 Å². The van der Waals surface area contributed by atoms with E-state index in [2.05, 4.69) is 10.4 Å². The number of anilines is 1. The van der Waals surface area contributed by atoms with Crippen LogP contribution in [0.25, 0.3) is 0 Å². The number of nitrogens with one attached hydrogen (secondary N) is 1. The number of nitrogens with zero attached hydrogens (tertiary/aromatic N) is 2. The first-order chi connectivity index (χ1) is 12.3. The van der Waals surface area contributed by atoms with Crippen molar-refractivity contribution in [3.63, 3.8) is 0 Å². The highest BCUT2D eigenvalue weighted by molar-refractivity contribution is 5.96. The van der Waals surface area contributed by atoms with Gasteiger partial charge in [0.1, 0.15) is 5.82 Å². The fourth-order valence-electron chi connectivity index (χ4n) is 4.90. The highest BCUT2D eigenvalue weighted by Crippen LogP contribution is 2.55. The second-order valence-corrected chi connectivity index (χ2v) is 9.35. The van der Waals surface area contributed by atoms with Crippen LogP contribution in [-0.4, -0.2) is 27.5 Å². The van der Waals surface area contributed by atoms with Crippen molar-refractivity contribution >= 4 is 11.7 Å². The van der Waals surface area contributed by atoms with Crippen molar-refractivity contribution in [3.8, 4) is 0 Å². The third-order valence-corrected chi connectivity index (χ3v) is 6.51. The molecule has 0 radical (unpaired) electrons. The van der Waals surface area contributed by atoms with Gasteiger partial charge < -0.3 is 5.32 Å². The molecule has 0 aliphatic heterocycles. The SMILES string of the molecule is Cc1c(C2(C)CC(F)(F)C2)nn(C2CCC2)c1NC(=O)C1(C)CC(F)(F)C1. The molecule has 1 aromatic heterocycles. The van der Waals surface area contributed by atoms with E-state index >= 15 is 0 Å². The standard InChI is InChI=1S/C19H25F4N3O/c1-11-13(16(2)7-18(20,21)8-16)25-26(12-5-4-6-12)14(11)24-15(27)17(3)9-19(22,23)10-17/h12H,4-10H2,1-3H3,(H,24,27). The zero-order chi connectivity index (χ0) is 19.8. The van der Waals surface area contributed by atoms with Crippen LogP contribution in [0, 0.1) is 12.3 Å². The quantitative estimate of drug-likeness (QED) is 0.741. The van der Waals surface area contributed by atoms with Crippen LogP contribution >= 0.6 is 0 Å². The number of halogens is 4. The van der Waals surface area contributed by atoms with Gasteiger partial charge in [0.15, 0.2) is 0 Å². The highest BCUT2D eigenvalue weighted by atomic mass is 19.3. The van der Waals surface area contributed by atoms with Gasteiger partial charge in [0.2, 0.25) is 17.8 Å². The Balaban J connectivity index is 1.63. The Morgan fingerprint density at radius 2 is 1.63 bits per heavy atom. The Morgan fingerprint density at radius 3 is 2.07 bits per heavy atom. The summed E-state index contributed by atoms with van der Waals surface area (Å²) in [6.07, 6.45) is 1.39. The van der Waals surface area contributed by atoms with Crippen molar-refractivity contribution in [2.75, 3.05) is 5.32 Å². The van der Waals surface area contributed by atoms with Crippen molar-refractivity contribution in [2.24, 2.45) is 5.41 Å². The number of hydrogen-bond donors (Lipinski definition) is 1. The molecule has 3 fully saturated rings. The van der Waals surface area contributed by atoms with Crippen molar-refractivity contribution < 1.29 is 22.4 Å². The van der Waals surface area contributed by atoms with E-state index in [0.717, 1.165) is 19.3 Å². The van der Waals surface area contributed by atoms with E-state index in [1.54, 1.807) is 18.5 Å². The highest BCUT2D eigenvalue weighted by Gasteiger charge is 2.59. The fraction of sp³-hybridized carbons (Fsp3) is 0.789. The van der Waals surface area contributed by atoms with Crippen LogP contribution in [0.1, 0.15) is 76.1 Å². The minimum Gasteiger partial charge on any atom is -0.310 e. The van der Waals surface area contributed by atoms with E-state index in [0.29, 0.717) is 17.1 Å². The maximum atomic E-state index is 13.5. The van der Waals surface area contributed by atoms with Gasteiger partial charge in [-0.2, -0.15) is 5.10 Å². The lowest BCUT2D eigenvalue weighted by Crippen LogP contribution is -2.51. The van der Waals surface area contributed by atoms with E-state index in [9.17, 15) is 22.4 Å². The van der Waals surface area contributed by atoms with Gasteiger partial charge in [0.25, 0.3) is 0 Å². The van der Waals surface area contributed by atoms with Gasteiger partial charge in [-0.25, -0.2) is 22.2 Å². The summed E-state index contributed by atoms with van der Waals surface area (Å²) in [5.74, 6) is -5.46. The summed E-state index contributed by atoms with van der Waals surface area (Å²) >= 11 is 0. The molecular weight excluding hydrogens is 362 g/mol. The third-order valence-electron chi connectivity index (χ3n) is 6.51. The zero-order valence-electron chi connectivity index (χ0n) is 15.8. The van der Waals surface area contributed by atoms with Gasteiger partial charge in [-0.1, -0.05) is 13.8 Å². The van der Waals surface area contributed by atoms with E-state index in [4.69, 9.17) is 0 Å². The maximum Gasteiger partial charge on any atom is 0.250 e. The van der Waals surface area contributed by atoms with Gasteiger partial charge in [-0.3, -0.25) is 4.79 Å². The fourth-order valence-corrected chi connectivity index (χ4v) is 4.90. The maximum absolute atomic E-state index is 13.5. The molecule has 27 heavy (non-hydrogen) atoms. The predicted octanol–water partition coefficient (Wildman–Crippen LogP) is 4.98. The zero-order valence-corrected chi connectivity index (χ0v) is 15.8. The van der Waals surface area contributed by atoms with E-state index in [-0.39, 0.29) is 18.9 Å². The summed E-state index contributed by atoms with van der Waals surface area (Å²) in [6, 6.07) is 0.118. The van der Waals surface area contributed by atoms with Crippen LogP contribution in [0.3, 0.4) is 0 Å². The van der Waals surface area contributed by atoms with Gasteiger partial charge in [0.05, 0.1) is 17.2 Å². The predicted molar refractivity (Wildman–Crippen MR) is 92.3 cm³/mol. The molecule has 0 aromatic carbocycles. The van der Waals surface area contributed by atoms with Gasteiger partial charge in [-0.05, 0) is 26.2 Å². The Labute approximate surface area is 155 Å². The van der Waals surface area contributed by atoms with Crippen LogP contribution in [0.5, 0.6) is 0 Å². The third kappa shape index (κ3) is 2.95. The van der Waals surface area contributed by atoms with Crippen molar-refractivity contribution in [1.82, 2.24) is 9.78 Å². The summed E-state index contributed by atoms with van der Waals surface area (Å²) in [6.45, 7) is 5.07. The van der Waals surface area contributed by atoms with Crippen LogP contribution in [0.4, 0.5) is 23.4 Å². The molecule has 0 unspecified atom stereocenters. The Morgan fingerprint density at radius 1 is 1.07 bits per heavy atom. The average molecular weight is 387 g/mol. The van der Waals surface area contributed by atoms with Crippen LogP contribution in [0.15, 0.2) is 0 Å².